The first kappa shape index (κ1) is 60.1. The van der Waals surface area contributed by atoms with Crippen molar-refractivity contribution in [1.29, 1.82) is 0 Å². The monoisotopic (exact) mass is 887 g/mol. The smallest absolute Gasteiger partial charge is 0.306 e. The van der Waals surface area contributed by atoms with E-state index in [1.807, 2.05) is 72.9 Å². The van der Waals surface area contributed by atoms with Gasteiger partial charge in [0, 0.05) is 19.3 Å². The number of allylic oxidation sites excluding steroid dienone is 18. The Morgan fingerprint density at radius 1 is 0.328 bits per heavy atom. The van der Waals surface area contributed by atoms with E-state index in [2.05, 4.69) is 57.2 Å². The second-order valence-corrected chi connectivity index (χ2v) is 16.9. The summed E-state index contributed by atoms with van der Waals surface area (Å²) in [6.45, 7) is 6.38. The van der Waals surface area contributed by atoms with Crippen LogP contribution in [0, 0.1) is 0 Å². The van der Waals surface area contributed by atoms with Gasteiger partial charge in [-0.15, -0.1) is 0 Å². The second kappa shape index (κ2) is 51.7. The molecular weight excluding hydrogens is 793 g/mol. The van der Waals surface area contributed by atoms with Crippen molar-refractivity contribution in [3.63, 3.8) is 0 Å². The predicted octanol–water partition coefficient (Wildman–Crippen LogP) is 17.1. The van der Waals surface area contributed by atoms with Gasteiger partial charge in [0.15, 0.2) is 6.10 Å². The van der Waals surface area contributed by atoms with Crippen molar-refractivity contribution in [2.24, 2.45) is 0 Å². The lowest BCUT2D eigenvalue weighted by molar-refractivity contribution is -0.167. The topological polar surface area (TPSA) is 78.9 Å². The molecule has 0 N–H and O–H groups in total. The van der Waals surface area contributed by atoms with Gasteiger partial charge >= 0.3 is 17.9 Å². The minimum absolute atomic E-state index is 0.103. The number of hydrogen-bond donors (Lipinski definition) is 0. The number of carbonyl (C=O) groups is 3. The Morgan fingerprint density at radius 3 is 1.06 bits per heavy atom. The van der Waals surface area contributed by atoms with Crippen molar-refractivity contribution in [2.45, 2.75) is 226 Å². The number of carbonyl (C=O) groups excluding carboxylic acids is 3. The van der Waals surface area contributed by atoms with E-state index >= 15 is 0 Å². The first-order valence-electron chi connectivity index (χ1n) is 26.0. The molecule has 0 saturated carbocycles. The normalized spacial score (nSPS) is 13.0. The third-order valence-electron chi connectivity index (χ3n) is 10.7. The Labute approximate surface area is 393 Å². The van der Waals surface area contributed by atoms with Gasteiger partial charge in [-0.2, -0.15) is 0 Å². The molecule has 0 spiro atoms. The second-order valence-electron chi connectivity index (χ2n) is 16.9. The molecule has 1 unspecified atom stereocenters. The Kier molecular flexibility index (Phi) is 48.5. The van der Waals surface area contributed by atoms with Crippen molar-refractivity contribution >= 4 is 17.9 Å². The molecule has 0 aromatic heterocycles. The van der Waals surface area contributed by atoms with E-state index in [-0.39, 0.29) is 31.1 Å². The summed E-state index contributed by atoms with van der Waals surface area (Å²) in [4.78, 5) is 37.9. The minimum Gasteiger partial charge on any atom is -0.462 e. The Balaban J connectivity index is 4.48. The van der Waals surface area contributed by atoms with Gasteiger partial charge < -0.3 is 14.2 Å². The van der Waals surface area contributed by atoms with Gasteiger partial charge in [0.25, 0.3) is 0 Å². The molecule has 64 heavy (non-hydrogen) atoms. The Hall–Kier alpha value is -3.93. The number of rotatable bonds is 45. The SMILES string of the molecule is CC\C=C/C=C\C=C/C=C\C=C\C=C/C=C\CCCCCC(=O)OCC(COC(=O)CCCCCC/C=C\CCCC)OC(=O)CCCCCCCCC/C=C\CCCCCCCC. The van der Waals surface area contributed by atoms with E-state index in [0.29, 0.717) is 19.3 Å². The Bertz CT molecular complexity index is 1340. The lowest BCUT2D eigenvalue weighted by Gasteiger charge is -2.18. The molecule has 6 nitrogen and oxygen atoms in total. The zero-order valence-electron chi connectivity index (χ0n) is 41.3. The number of ether oxygens (including phenoxy) is 3. The van der Waals surface area contributed by atoms with Gasteiger partial charge in [-0.1, -0.05) is 226 Å². The number of esters is 3. The molecule has 1 atom stereocenters. The molecule has 0 heterocycles. The highest BCUT2D eigenvalue weighted by Crippen LogP contribution is 2.14. The fourth-order valence-corrected chi connectivity index (χ4v) is 6.75. The van der Waals surface area contributed by atoms with Crippen LogP contribution in [0.15, 0.2) is 109 Å². The molecule has 0 rings (SSSR count). The van der Waals surface area contributed by atoms with E-state index in [9.17, 15) is 14.4 Å². The maximum absolute atomic E-state index is 12.8. The van der Waals surface area contributed by atoms with Gasteiger partial charge in [0.1, 0.15) is 13.2 Å². The van der Waals surface area contributed by atoms with Crippen molar-refractivity contribution < 1.29 is 28.6 Å². The van der Waals surface area contributed by atoms with Gasteiger partial charge in [0.2, 0.25) is 0 Å². The summed E-state index contributed by atoms with van der Waals surface area (Å²) >= 11 is 0. The molecule has 0 aliphatic rings. The standard InChI is InChI=1S/C58H94O6/c1-4-7-10-13-16-19-22-24-26-28-29-31-32-34-36-39-42-45-48-51-57(60)63-54-55(53-62-56(59)50-47-44-41-38-21-18-15-12-9-6-3)64-58(61)52-49-46-43-40-37-35-33-30-27-25-23-20-17-14-11-8-5-2/h7,10,13,15-16,18-19,22,24-29,31-32,34,36,55H,4-6,8-9,11-12,14,17,20-21,23,30,33,35,37-54H2,1-3H3/b10-7-,16-13-,18-15-,22-19-,26-24-,27-25-,29-28+,32-31-,36-34-. The zero-order valence-corrected chi connectivity index (χ0v) is 41.3. The maximum Gasteiger partial charge on any atom is 0.306 e. The maximum atomic E-state index is 12.8. The first-order chi connectivity index (χ1) is 31.5. The average molecular weight is 887 g/mol. The van der Waals surface area contributed by atoms with Crippen molar-refractivity contribution in [3.05, 3.63) is 109 Å². The molecule has 0 fully saturated rings. The van der Waals surface area contributed by atoms with Crippen LogP contribution in [0.3, 0.4) is 0 Å². The van der Waals surface area contributed by atoms with Gasteiger partial charge in [0.05, 0.1) is 0 Å². The van der Waals surface area contributed by atoms with E-state index in [4.69, 9.17) is 14.2 Å². The molecule has 0 amide bonds. The van der Waals surface area contributed by atoms with Gasteiger partial charge in [-0.25, -0.2) is 0 Å². The molecule has 0 aliphatic heterocycles. The van der Waals surface area contributed by atoms with Crippen LogP contribution in [0.1, 0.15) is 220 Å². The lowest BCUT2D eigenvalue weighted by atomic mass is 10.1. The summed E-state index contributed by atoms with van der Waals surface area (Å²) < 4.78 is 16.7. The molecule has 0 radical (unpaired) electrons. The van der Waals surface area contributed by atoms with Crippen LogP contribution in [0.25, 0.3) is 0 Å². The zero-order chi connectivity index (χ0) is 46.5. The van der Waals surface area contributed by atoms with Crippen LogP contribution in [0.2, 0.25) is 0 Å². The van der Waals surface area contributed by atoms with Crippen LogP contribution >= 0.6 is 0 Å². The van der Waals surface area contributed by atoms with Crippen LogP contribution < -0.4 is 0 Å². The summed E-state index contributed by atoms with van der Waals surface area (Å²) in [6, 6.07) is 0. The highest BCUT2D eigenvalue weighted by molar-refractivity contribution is 5.71. The summed E-state index contributed by atoms with van der Waals surface area (Å²) in [7, 11) is 0. The van der Waals surface area contributed by atoms with E-state index in [1.54, 1.807) is 0 Å². The minimum atomic E-state index is -0.805. The third kappa shape index (κ3) is 49.1. The number of unbranched alkanes of at least 4 members (excludes halogenated alkanes) is 22. The van der Waals surface area contributed by atoms with E-state index in [1.165, 1.54) is 89.9 Å². The summed E-state index contributed by atoms with van der Waals surface area (Å²) in [6.07, 6.45) is 69.3. The lowest BCUT2D eigenvalue weighted by Crippen LogP contribution is -2.30. The van der Waals surface area contributed by atoms with Crippen molar-refractivity contribution in [3.8, 4) is 0 Å². The molecule has 0 aliphatic carbocycles. The summed E-state index contributed by atoms with van der Waals surface area (Å²) in [5.41, 5.74) is 0. The molecular formula is C58H94O6. The summed E-state index contributed by atoms with van der Waals surface area (Å²) in [5, 5.41) is 0. The summed E-state index contributed by atoms with van der Waals surface area (Å²) in [5.74, 6) is -0.971. The highest BCUT2D eigenvalue weighted by Gasteiger charge is 2.19. The average Bonchev–Trinajstić information content (AvgIpc) is 3.29. The highest BCUT2D eigenvalue weighted by atomic mass is 16.6. The molecule has 362 valence electrons. The predicted molar refractivity (Wildman–Crippen MR) is 274 cm³/mol. The molecule has 0 saturated heterocycles. The largest absolute Gasteiger partial charge is 0.462 e. The van der Waals surface area contributed by atoms with Crippen LogP contribution in [0.4, 0.5) is 0 Å². The fourth-order valence-electron chi connectivity index (χ4n) is 6.75. The van der Waals surface area contributed by atoms with Crippen molar-refractivity contribution in [1.82, 2.24) is 0 Å². The van der Waals surface area contributed by atoms with Crippen molar-refractivity contribution in [2.75, 3.05) is 13.2 Å². The van der Waals surface area contributed by atoms with Crippen LogP contribution in [0.5, 0.6) is 0 Å². The van der Waals surface area contributed by atoms with Crippen LogP contribution in [-0.2, 0) is 28.6 Å². The third-order valence-corrected chi connectivity index (χ3v) is 10.7. The van der Waals surface area contributed by atoms with E-state index < -0.39 is 6.10 Å². The van der Waals surface area contributed by atoms with Gasteiger partial charge in [-0.3, -0.25) is 14.4 Å². The molecule has 0 aromatic carbocycles. The quantitative estimate of drug-likeness (QED) is 0.0199. The van der Waals surface area contributed by atoms with Crippen LogP contribution in [-0.4, -0.2) is 37.2 Å². The molecule has 6 heteroatoms. The fraction of sp³-hybridized carbons (Fsp3) is 0.638. The molecule has 0 bridgehead atoms. The molecule has 0 aromatic rings. The number of hydrogen-bond acceptors (Lipinski definition) is 6. The van der Waals surface area contributed by atoms with E-state index in [0.717, 1.165) is 89.9 Å². The Morgan fingerprint density at radius 2 is 0.641 bits per heavy atom. The van der Waals surface area contributed by atoms with Gasteiger partial charge in [-0.05, 0) is 83.5 Å². The first-order valence-corrected chi connectivity index (χ1v) is 26.0.